The molecule has 1 aromatic rings. The van der Waals surface area contributed by atoms with Crippen molar-refractivity contribution in [2.75, 3.05) is 13.2 Å². The molecule has 11 nitrogen and oxygen atoms in total. The number of hydrogen-bond acceptors (Lipinski definition) is 9. The molecule has 0 unspecified atom stereocenters. The molecule has 2 amide bonds. The Kier molecular flexibility index (Phi) is 10.7. The highest BCUT2D eigenvalue weighted by molar-refractivity contribution is 7.90. The van der Waals surface area contributed by atoms with Crippen LogP contribution in [0.25, 0.3) is 0 Å². The predicted octanol–water partition coefficient (Wildman–Crippen LogP) is 4.52. The molecule has 3 fully saturated rings. The van der Waals surface area contributed by atoms with Crippen LogP contribution in [0.4, 0.5) is 0 Å². The van der Waals surface area contributed by atoms with Crippen LogP contribution in [0, 0.1) is 22.7 Å². The maximum absolute atomic E-state index is 14.4. The number of nitrogens with one attached hydrogen (secondary N) is 1. The number of pyridine rings is 1. The van der Waals surface area contributed by atoms with E-state index in [-0.39, 0.29) is 43.4 Å². The number of rotatable bonds is 7. The van der Waals surface area contributed by atoms with Crippen molar-refractivity contribution in [3.05, 3.63) is 23.9 Å². The summed E-state index contributed by atoms with van der Waals surface area (Å²) in [5.41, 5.74) is -0.770. The minimum absolute atomic E-state index is 0.112. The second-order valence-electron chi connectivity index (χ2n) is 15.1. The first-order valence-corrected chi connectivity index (χ1v) is 18.9. The Labute approximate surface area is 279 Å². The summed E-state index contributed by atoms with van der Waals surface area (Å²) < 4.78 is 39.6. The molecule has 47 heavy (non-hydrogen) atoms. The Morgan fingerprint density at radius 1 is 1.11 bits per heavy atom. The Morgan fingerprint density at radius 2 is 1.83 bits per heavy atom. The van der Waals surface area contributed by atoms with E-state index in [4.69, 9.17) is 9.47 Å². The Morgan fingerprint density at radius 3 is 2.51 bits per heavy atom. The number of cyclic esters (lactones) is 1. The van der Waals surface area contributed by atoms with Gasteiger partial charge in [-0.2, -0.15) is 0 Å². The summed E-state index contributed by atoms with van der Waals surface area (Å²) in [6.45, 7) is 8.03. The van der Waals surface area contributed by atoms with E-state index in [2.05, 4.69) is 9.71 Å². The molecule has 2 aliphatic carbocycles. The first-order chi connectivity index (χ1) is 22.2. The van der Waals surface area contributed by atoms with Gasteiger partial charge in [0.05, 0.1) is 42.2 Å². The van der Waals surface area contributed by atoms with Gasteiger partial charge in [-0.15, -0.1) is 0 Å². The molecule has 2 aliphatic heterocycles. The predicted molar refractivity (Wildman–Crippen MR) is 175 cm³/mol. The topological polar surface area (TPSA) is 149 Å². The highest BCUT2D eigenvalue weighted by Gasteiger charge is 2.61. The molecule has 2 saturated carbocycles. The molecule has 0 spiro atoms. The van der Waals surface area contributed by atoms with Crippen molar-refractivity contribution in [2.24, 2.45) is 22.7 Å². The molecule has 5 rings (SSSR count). The number of nitrogens with zero attached hydrogens (tertiary/aromatic N) is 2. The number of hydrogen-bond donors (Lipinski definition) is 1. The normalized spacial score (nSPS) is 29.5. The lowest BCUT2D eigenvalue weighted by Gasteiger charge is -2.34. The second-order valence-corrected chi connectivity index (χ2v) is 17.1. The van der Waals surface area contributed by atoms with Crippen LogP contribution in [0.2, 0.25) is 0 Å². The number of amides is 2. The van der Waals surface area contributed by atoms with Crippen LogP contribution < -0.4 is 9.46 Å². The summed E-state index contributed by atoms with van der Waals surface area (Å²) in [5, 5.41) is -0.560. The lowest BCUT2D eigenvalue weighted by atomic mass is 9.77. The van der Waals surface area contributed by atoms with Crippen molar-refractivity contribution in [1.82, 2.24) is 14.6 Å². The molecular formula is C35H51N3O8S. The van der Waals surface area contributed by atoms with Crippen molar-refractivity contribution in [2.45, 2.75) is 129 Å². The van der Waals surface area contributed by atoms with Gasteiger partial charge in [0, 0.05) is 24.6 Å². The number of Topliss-reactive ketones (excluding diaryl/α,β-unsaturated/α-hetero) is 1. The molecule has 1 aromatic heterocycles. The minimum atomic E-state index is -3.78. The Balaban J connectivity index is 1.43. The van der Waals surface area contributed by atoms with Gasteiger partial charge in [-0.25, -0.2) is 13.4 Å². The number of esters is 1. The standard InChI is InChI=1S/C35H51N3O8S/c1-5-24-20-35(24,33(42)37-47(43,44)26-14-15-26)21-29(39)28-18-25-22-38(28)32(41)27(34(2,3)4)19-30(40)45-17-10-8-6-7-9-12-23-13-11-16-36-31(23)46-25/h11,13,16,24-28H,5-10,12,14-15,17-22H2,1-4H3,(H,37,42)/t24-,25-,27-,28+,35-/m1/s1. The summed E-state index contributed by atoms with van der Waals surface area (Å²) in [4.78, 5) is 61.1. The van der Waals surface area contributed by atoms with Gasteiger partial charge in [0.2, 0.25) is 27.7 Å². The van der Waals surface area contributed by atoms with Gasteiger partial charge in [0.15, 0.2) is 5.78 Å². The van der Waals surface area contributed by atoms with E-state index in [1.807, 2.05) is 39.8 Å². The third-order valence-electron chi connectivity index (χ3n) is 10.5. The van der Waals surface area contributed by atoms with Crippen LogP contribution in [0.1, 0.15) is 110 Å². The van der Waals surface area contributed by atoms with Crippen LogP contribution in [0.15, 0.2) is 18.3 Å². The van der Waals surface area contributed by atoms with Crippen LogP contribution in [-0.2, 0) is 40.4 Å². The summed E-state index contributed by atoms with van der Waals surface area (Å²) in [6.07, 6.45) is 8.59. The van der Waals surface area contributed by atoms with Gasteiger partial charge < -0.3 is 14.4 Å². The van der Waals surface area contributed by atoms with E-state index >= 15 is 0 Å². The molecule has 1 N–H and O–H groups in total. The fourth-order valence-corrected chi connectivity index (χ4v) is 8.63. The zero-order valence-electron chi connectivity index (χ0n) is 28.3. The van der Waals surface area contributed by atoms with Gasteiger partial charge in [0.25, 0.3) is 0 Å². The van der Waals surface area contributed by atoms with E-state index in [0.29, 0.717) is 38.2 Å². The highest BCUT2D eigenvalue weighted by atomic mass is 32.2. The molecule has 1 saturated heterocycles. The summed E-state index contributed by atoms with van der Waals surface area (Å²) in [6, 6.07) is 2.97. The average Bonchev–Trinajstić information content (AvgIpc) is 3.93. The van der Waals surface area contributed by atoms with Crippen molar-refractivity contribution >= 4 is 33.6 Å². The largest absolute Gasteiger partial charge is 0.472 e. The van der Waals surface area contributed by atoms with Crippen molar-refractivity contribution < 1.29 is 37.1 Å². The highest BCUT2D eigenvalue weighted by Crippen LogP contribution is 2.58. The molecule has 5 atom stereocenters. The zero-order chi connectivity index (χ0) is 34.0. The maximum atomic E-state index is 14.4. The molecule has 3 heterocycles. The van der Waals surface area contributed by atoms with Gasteiger partial charge >= 0.3 is 5.97 Å². The SMILES string of the molecule is CC[C@@H]1C[C@]1(CC(=O)[C@@H]1C[C@@H]2CN1C(=O)[C@H](C(C)(C)C)CC(=O)OCCCCCCCc1cccnc1O2)C(=O)NS(=O)(=O)C1CC1. The van der Waals surface area contributed by atoms with E-state index in [1.54, 1.807) is 6.20 Å². The number of sulfonamides is 1. The molecule has 4 aliphatic rings. The lowest BCUT2D eigenvalue weighted by molar-refractivity contribution is -0.153. The molecule has 2 bridgehead atoms. The molecule has 12 heteroatoms. The lowest BCUT2D eigenvalue weighted by Crippen LogP contribution is -2.48. The first-order valence-electron chi connectivity index (χ1n) is 17.4. The summed E-state index contributed by atoms with van der Waals surface area (Å²) in [7, 11) is -3.78. The van der Waals surface area contributed by atoms with E-state index < -0.39 is 56.0 Å². The van der Waals surface area contributed by atoms with E-state index in [1.165, 1.54) is 4.90 Å². The number of carbonyl (C=O) groups is 4. The van der Waals surface area contributed by atoms with Gasteiger partial charge in [0.1, 0.15) is 6.10 Å². The van der Waals surface area contributed by atoms with E-state index in [0.717, 1.165) is 44.1 Å². The Hall–Kier alpha value is -3.02. The van der Waals surface area contributed by atoms with Gasteiger partial charge in [-0.05, 0) is 55.9 Å². The van der Waals surface area contributed by atoms with Crippen LogP contribution in [-0.4, -0.2) is 72.4 Å². The average molecular weight is 674 g/mol. The second kappa shape index (κ2) is 14.2. The number of ketones is 1. The number of fused-ring (bicyclic) bond motifs is 3. The third-order valence-corrected chi connectivity index (χ3v) is 12.3. The van der Waals surface area contributed by atoms with Crippen LogP contribution in [0.5, 0.6) is 5.88 Å². The molecular weight excluding hydrogens is 622 g/mol. The number of ether oxygens (including phenoxy) is 2. The first kappa shape index (κ1) is 35.3. The van der Waals surface area contributed by atoms with E-state index in [9.17, 15) is 27.6 Å². The third kappa shape index (κ3) is 8.35. The van der Waals surface area contributed by atoms with Crippen LogP contribution in [0.3, 0.4) is 0 Å². The number of carbonyl (C=O) groups excluding carboxylic acids is 4. The van der Waals surface area contributed by atoms with Crippen molar-refractivity contribution in [1.29, 1.82) is 0 Å². The van der Waals surface area contributed by atoms with Crippen molar-refractivity contribution in [3.63, 3.8) is 0 Å². The summed E-state index contributed by atoms with van der Waals surface area (Å²) in [5.74, 6) is -2.10. The summed E-state index contributed by atoms with van der Waals surface area (Å²) >= 11 is 0. The zero-order valence-corrected chi connectivity index (χ0v) is 29.1. The fourth-order valence-electron chi connectivity index (χ4n) is 7.25. The Bertz CT molecular complexity index is 1450. The van der Waals surface area contributed by atoms with Crippen LogP contribution >= 0.6 is 0 Å². The molecule has 260 valence electrons. The molecule has 0 aromatic carbocycles. The quantitative estimate of drug-likeness (QED) is 0.413. The fraction of sp³-hybridized carbons (Fsp3) is 0.743. The maximum Gasteiger partial charge on any atom is 0.306 e. The van der Waals surface area contributed by atoms with Gasteiger partial charge in [-0.3, -0.25) is 23.9 Å². The van der Waals surface area contributed by atoms with Gasteiger partial charge in [-0.1, -0.05) is 59.4 Å². The number of aryl methyl sites for hydroxylation is 1. The van der Waals surface area contributed by atoms with Crippen molar-refractivity contribution in [3.8, 4) is 5.88 Å². The minimum Gasteiger partial charge on any atom is -0.472 e. The smallest absolute Gasteiger partial charge is 0.306 e. The molecule has 0 radical (unpaired) electrons. The monoisotopic (exact) mass is 673 g/mol. The number of aromatic nitrogens is 1.